The van der Waals surface area contributed by atoms with E-state index < -0.39 is 0 Å². The maximum absolute atomic E-state index is 11.4. The number of rotatable bonds is 3. The molecule has 5 rings (SSSR count). The van der Waals surface area contributed by atoms with Crippen LogP contribution in [0.5, 0.6) is 0 Å². The molecule has 0 atom stereocenters. The van der Waals surface area contributed by atoms with Gasteiger partial charge in [-0.3, -0.25) is 14.4 Å². The second-order valence-corrected chi connectivity index (χ2v) is 6.69. The summed E-state index contributed by atoms with van der Waals surface area (Å²) in [5.41, 5.74) is 7.53. The lowest BCUT2D eigenvalue weighted by molar-refractivity contribution is 0.111. The van der Waals surface area contributed by atoms with Crippen molar-refractivity contribution in [2.24, 2.45) is 4.99 Å². The molecule has 0 bridgehead atoms. The van der Waals surface area contributed by atoms with Gasteiger partial charge in [0.25, 0.3) is 0 Å². The normalized spacial score (nSPS) is 12.5. The lowest BCUT2D eigenvalue weighted by atomic mass is 9.96. The summed E-state index contributed by atoms with van der Waals surface area (Å²) in [4.78, 5) is 20.6. The molecule has 4 nitrogen and oxygen atoms in total. The van der Waals surface area contributed by atoms with Crippen molar-refractivity contribution in [3.8, 4) is 16.8 Å². The van der Waals surface area contributed by atoms with E-state index in [2.05, 4.69) is 47.4 Å². The van der Waals surface area contributed by atoms with Crippen LogP contribution in [0, 0.1) is 0 Å². The van der Waals surface area contributed by atoms with Crippen molar-refractivity contribution in [1.82, 2.24) is 9.55 Å². The monoisotopic (exact) mass is 363 g/mol. The van der Waals surface area contributed by atoms with Crippen molar-refractivity contribution in [2.75, 3.05) is 0 Å². The highest BCUT2D eigenvalue weighted by Gasteiger charge is 2.21. The van der Waals surface area contributed by atoms with Crippen molar-refractivity contribution < 1.29 is 4.79 Å². The number of fused-ring (bicyclic) bond motifs is 3. The van der Waals surface area contributed by atoms with Crippen LogP contribution >= 0.6 is 0 Å². The fraction of sp³-hybridized carbons (Fsp3) is 0.0417. The zero-order valence-electron chi connectivity index (χ0n) is 15.1. The van der Waals surface area contributed by atoms with Crippen LogP contribution in [0.15, 0.2) is 90.2 Å². The quantitative estimate of drug-likeness (QED) is 0.495. The summed E-state index contributed by atoms with van der Waals surface area (Å²) >= 11 is 0. The first kappa shape index (κ1) is 16.4. The van der Waals surface area contributed by atoms with Gasteiger partial charge >= 0.3 is 0 Å². The van der Waals surface area contributed by atoms with Crippen LogP contribution in [0.1, 0.15) is 27.3 Å². The molecule has 0 saturated carbocycles. The number of hydrogen-bond donors (Lipinski definition) is 0. The first-order valence-corrected chi connectivity index (χ1v) is 9.16. The van der Waals surface area contributed by atoms with Crippen molar-refractivity contribution >= 4 is 12.0 Å². The number of imidazole rings is 1. The average Bonchev–Trinajstić information content (AvgIpc) is 3.10. The van der Waals surface area contributed by atoms with Gasteiger partial charge in [-0.1, -0.05) is 66.7 Å². The Hall–Kier alpha value is -3.79. The van der Waals surface area contributed by atoms with Crippen LogP contribution in [-0.4, -0.2) is 21.5 Å². The van der Waals surface area contributed by atoms with Crippen LogP contribution < -0.4 is 0 Å². The first-order chi connectivity index (χ1) is 13.8. The van der Waals surface area contributed by atoms with Crippen molar-refractivity contribution in [3.05, 3.63) is 108 Å². The van der Waals surface area contributed by atoms with Crippen molar-refractivity contribution in [2.45, 2.75) is 6.54 Å². The van der Waals surface area contributed by atoms with E-state index in [4.69, 9.17) is 4.99 Å². The molecular formula is C24H17N3O. The second-order valence-electron chi connectivity index (χ2n) is 6.69. The van der Waals surface area contributed by atoms with E-state index in [1.54, 1.807) is 6.33 Å². The minimum atomic E-state index is 0.410. The first-order valence-electron chi connectivity index (χ1n) is 9.16. The Morgan fingerprint density at radius 1 is 0.821 bits per heavy atom. The van der Waals surface area contributed by atoms with Crippen LogP contribution in [-0.2, 0) is 6.54 Å². The van der Waals surface area contributed by atoms with Gasteiger partial charge in [-0.05, 0) is 23.3 Å². The van der Waals surface area contributed by atoms with Crippen molar-refractivity contribution in [1.29, 1.82) is 0 Å². The zero-order chi connectivity index (χ0) is 18.9. The molecule has 28 heavy (non-hydrogen) atoms. The second kappa shape index (κ2) is 6.74. The highest BCUT2D eigenvalue weighted by molar-refractivity contribution is 6.15. The summed E-state index contributed by atoms with van der Waals surface area (Å²) in [7, 11) is 0. The largest absolute Gasteiger partial charge is 0.300 e. The number of nitrogens with zero attached hydrogens (tertiary/aromatic N) is 3. The Bertz CT molecular complexity index is 1190. The predicted octanol–water partition coefficient (Wildman–Crippen LogP) is 4.70. The molecule has 2 heterocycles. The van der Waals surface area contributed by atoms with E-state index in [9.17, 15) is 4.79 Å². The van der Waals surface area contributed by atoms with Gasteiger partial charge in [-0.2, -0.15) is 0 Å². The molecule has 134 valence electrons. The molecule has 4 heteroatoms. The third-order valence-corrected chi connectivity index (χ3v) is 5.06. The van der Waals surface area contributed by atoms with E-state index >= 15 is 0 Å². The Morgan fingerprint density at radius 2 is 1.54 bits per heavy atom. The van der Waals surface area contributed by atoms with E-state index in [0.717, 1.165) is 45.6 Å². The Balaban J connectivity index is 1.77. The van der Waals surface area contributed by atoms with E-state index in [0.29, 0.717) is 12.2 Å². The molecule has 0 saturated heterocycles. The fourth-order valence-electron chi connectivity index (χ4n) is 3.68. The third-order valence-electron chi connectivity index (χ3n) is 5.06. The number of aliphatic imine (C=N–C) groups is 1. The molecule has 0 unspecified atom stereocenters. The lowest BCUT2D eigenvalue weighted by Crippen LogP contribution is -2.07. The molecule has 1 aliphatic rings. The summed E-state index contributed by atoms with van der Waals surface area (Å²) in [5.74, 6) is 0. The summed E-state index contributed by atoms with van der Waals surface area (Å²) in [6, 6.07) is 26.8. The topological polar surface area (TPSA) is 47.2 Å². The van der Waals surface area contributed by atoms with Crippen molar-refractivity contribution in [3.63, 3.8) is 0 Å². The Labute approximate surface area is 162 Å². The van der Waals surface area contributed by atoms with Gasteiger partial charge in [0.1, 0.15) is 12.0 Å². The number of aromatic nitrogens is 2. The van der Waals surface area contributed by atoms with Gasteiger partial charge in [-0.25, -0.2) is 4.98 Å². The van der Waals surface area contributed by atoms with Gasteiger partial charge < -0.3 is 0 Å². The van der Waals surface area contributed by atoms with Crippen LogP contribution in [0.3, 0.4) is 0 Å². The van der Waals surface area contributed by atoms with Gasteiger partial charge in [-0.15, -0.1) is 0 Å². The number of hydrogen-bond acceptors (Lipinski definition) is 3. The van der Waals surface area contributed by atoms with Crippen LogP contribution in [0.25, 0.3) is 16.8 Å². The van der Waals surface area contributed by atoms with Gasteiger partial charge in [0.2, 0.25) is 0 Å². The summed E-state index contributed by atoms with van der Waals surface area (Å²) in [5, 5.41) is 0. The number of carbonyl (C=O) groups is 1. The summed E-state index contributed by atoms with van der Waals surface area (Å²) in [6.07, 6.45) is 2.51. The molecule has 1 aliphatic heterocycles. The minimum Gasteiger partial charge on any atom is -0.300 e. The summed E-state index contributed by atoms with van der Waals surface area (Å²) < 4.78 is 1.98. The maximum Gasteiger partial charge on any atom is 0.170 e. The number of carbonyl (C=O) groups excluding carboxylic acids is 1. The van der Waals surface area contributed by atoms with Gasteiger partial charge in [0.15, 0.2) is 6.29 Å². The molecule has 4 aromatic rings. The Morgan fingerprint density at radius 3 is 2.25 bits per heavy atom. The minimum absolute atomic E-state index is 0.410. The van der Waals surface area contributed by atoms with Crippen LogP contribution in [0.2, 0.25) is 0 Å². The fourth-order valence-corrected chi connectivity index (χ4v) is 3.68. The average molecular weight is 363 g/mol. The Kier molecular flexibility index (Phi) is 3.95. The molecule has 1 aromatic heterocycles. The maximum atomic E-state index is 11.4. The van der Waals surface area contributed by atoms with Crippen LogP contribution in [0.4, 0.5) is 0 Å². The highest BCUT2D eigenvalue weighted by Crippen LogP contribution is 2.30. The molecular weight excluding hydrogens is 346 g/mol. The molecule has 0 spiro atoms. The number of benzene rings is 3. The molecule has 0 aliphatic carbocycles. The SMILES string of the molecule is O=Cc1ncn2c1CN=C(c1ccccc1)c1cc(-c3ccccc3)ccc1-2. The molecule has 0 radical (unpaired) electrons. The molecule has 0 N–H and O–H groups in total. The number of aldehydes is 1. The molecule has 3 aromatic carbocycles. The highest BCUT2D eigenvalue weighted by atomic mass is 16.1. The van der Waals surface area contributed by atoms with E-state index in [-0.39, 0.29) is 0 Å². The standard InChI is InChI=1S/C24H17N3O/c28-15-21-23-14-25-24(18-9-5-2-6-10-18)20-13-19(17-7-3-1-4-8-17)11-12-22(20)27(23)16-26-21/h1-13,15-16H,14H2. The molecule has 0 amide bonds. The third kappa shape index (κ3) is 2.67. The smallest absolute Gasteiger partial charge is 0.170 e. The van der Waals surface area contributed by atoms with Gasteiger partial charge in [0, 0.05) is 11.1 Å². The zero-order valence-corrected chi connectivity index (χ0v) is 15.1. The summed E-state index contributed by atoms with van der Waals surface area (Å²) in [6.45, 7) is 0.410. The van der Waals surface area contributed by atoms with E-state index in [1.165, 1.54) is 0 Å². The molecule has 0 fully saturated rings. The van der Waals surface area contributed by atoms with E-state index in [1.807, 2.05) is 41.0 Å². The van der Waals surface area contributed by atoms with Gasteiger partial charge in [0.05, 0.1) is 23.6 Å². The lowest BCUT2D eigenvalue weighted by Gasteiger charge is -2.14. The predicted molar refractivity (Wildman–Crippen MR) is 110 cm³/mol.